The van der Waals surface area contributed by atoms with Gasteiger partial charge in [0.15, 0.2) is 0 Å². The molecule has 23 heavy (non-hydrogen) atoms. The van der Waals surface area contributed by atoms with Crippen LogP contribution in [-0.4, -0.2) is 9.78 Å². The fourth-order valence-electron chi connectivity index (χ4n) is 5.97. The Kier molecular flexibility index (Phi) is 2.74. The Morgan fingerprint density at radius 3 is 2.13 bits per heavy atom. The normalized spacial score (nSPS) is 34.9. The van der Waals surface area contributed by atoms with Gasteiger partial charge in [-0.3, -0.25) is 0 Å². The van der Waals surface area contributed by atoms with E-state index in [0.29, 0.717) is 5.41 Å². The van der Waals surface area contributed by atoms with Gasteiger partial charge in [0.1, 0.15) is 5.82 Å². The first-order valence-electron chi connectivity index (χ1n) is 9.04. The van der Waals surface area contributed by atoms with Crippen molar-refractivity contribution in [2.75, 3.05) is 5.73 Å². The van der Waals surface area contributed by atoms with Crippen LogP contribution in [0.4, 0.5) is 5.82 Å². The predicted molar refractivity (Wildman–Crippen MR) is 92.6 cm³/mol. The van der Waals surface area contributed by atoms with Gasteiger partial charge in [0.2, 0.25) is 0 Å². The molecular weight excluding hydrogens is 282 g/mol. The van der Waals surface area contributed by atoms with E-state index in [-0.39, 0.29) is 0 Å². The maximum atomic E-state index is 6.33. The van der Waals surface area contributed by atoms with Crippen molar-refractivity contribution in [3.05, 3.63) is 41.6 Å². The van der Waals surface area contributed by atoms with Crippen molar-refractivity contribution in [2.45, 2.75) is 50.9 Å². The van der Waals surface area contributed by atoms with Crippen molar-refractivity contribution in [1.29, 1.82) is 0 Å². The van der Waals surface area contributed by atoms with Crippen molar-refractivity contribution in [1.82, 2.24) is 9.78 Å². The van der Waals surface area contributed by atoms with Gasteiger partial charge in [-0.2, -0.15) is 5.10 Å². The largest absolute Gasteiger partial charge is 0.384 e. The fraction of sp³-hybridized carbons (Fsp3) is 0.550. The molecule has 0 aliphatic heterocycles. The lowest BCUT2D eigenvalue weighted by Crippen LogP contribution is -2.48. The molecule has 120 valence electrons. The zero-order chi connectivity index (χ0) is 15.6. The molecule has 0 radical (unpaired) electrons. The van der Waals surface area contributed by atoms with E-state index in [1.165, 1.54) is 49.8 Å². The van der Waals surface area contributed by atoms with Gasteiger partial charge in [-0.05, 0) is 75.3 Å². The number of hydrogen-bond donors (Lipinski definition) is 1. The first-order valence-corrected chi connectivity index (χ1v) is 9.04. The average Bonchev–Trinajstić information content (AvgIpc) is 2.89. The van der Waals surface area contributed by atoms with E-state index >= 15 is 0 Å². The van der Waals surface area contributed by atoms with E-state index < -0.39 is 0 Å². The van der Waals surface area contributed by atoms with E-state index in [9.17, 15) is 0 Å². The maximum Gasteiger partial charge on any atom is 0.127 e. The lowest BCUT2D eigenvalue weighted by atomic mass is 9.49. The number of nitrogens with zero attached hydrogens (tertiary/aromatic N) is 2. The molecule has 0 atom stereocenters. The molecule has 1 heterocycles. The first-order chi connectivity index (χ1) is 11.1. The number of anilines is 1. The molecule has 6 rings (SSSR count). The van der Waals surface area contributed by atoms with Crippen LogP contribution in [0.2, 0.25) is 0 Å². The quantitative estimate of drug-likeness (QED) is 0.902. The van der Waals surface area contributed by atoms with E-state index in [1.807, 2.05) is 4.68 Å². The van der Waals surface area contributed by atoms with E-state index in [1.54, 1.807) is 0 Å². The number of benzene rings is 1. The molecule has 4 aliphatic carbocycles. The second kappa shape index (κ2) is 4.62. The van der Waals surface area contributed by atoms with Crippen LogP contribution in [0.25, 0.3) is 5.69 Å². The minimum atomic E-state index is 0.318. The molecule has 1 aromatic heterocycles. The minimum Gasteiger partial charge on any atom is -0.384 e. The summed E-state index contributed by atoms with van der Waals surface area (Å²) in [6.45, 7) is 2.11. The van der Waals surface area contributed by atoms with Gasteiger partial charge in [-0.25, -0.2) is 4.68 Å². The lowest BCUT2D eigenvalue weighted by Gasteiger charge is -2.56. The smallest absolute Gasteiger partial charge is 0.127 e. The van der Waals surface area contributed by atoms with Crippen molar-refractivity contribution in [3.8, 4) is 5.69 Å². The highest BCUT2D eigenvalue weighted by molar-refractivity contribution is 5.45. The molecule has 0 amide bonds. The zero-order valence-electron chi connectivity index (χ0n) is 13.8. The van der Waals surface area contributed by atoms with Gasteiger partial charge >= 0.3 is 0 Å². The molecule has 2 N–H and O–H groups in total. The summed E-state index contributed by atoms with van der Waals surface area (Å²) in [6.07, 6.45) is 8.41. The topological polar surface area (TPSA) is 43.8 Å². The summed E-state index contributed by atoms with van der Waals surface area (Å²) in [5.74, 6) is 3.59. The lowest BCUT2D eigenvalue weighted by molar-refractivity contribution is -0.00734. The Bertz CT molecular complexity index is 705. The zero-order valence-corrected chi connectivity index (χ0v) is 13.8. The third-order valence-corrected chi connectivity index (χ3v) is 6.60. The van der Waals surface area contributed by atoms with Crippen LogP contribution in [0.3, 0.4) is 0 Å². The maximum absolute atomic E-state index is 6.33. The molecular formula is C20H25N3. The second-order valence-corrected chi connectivity index (χ2v) is 8.40. The molecule has 4 fully saturated rings. The molecule has 0 saturated heterocycles. The number of hydrogen-bond acceptors (Lipinski definition) is 2. The van der Waals surface area contributed by atoms with E-state index in [2.05, 4.69) is 37.3 Å². The predicted octanol–water partition coefficient (Wildman–Crippen LogP) is 4.23. The Morgan fingerprint density at radius 2 is 1.57 bits per heavy atom. The van der Waals surface area contributed by atoms with Crippen LogP contribution >= 0.6 is 0 Å². The van der Waals surface area contributed by atoms with Crippen LogP contribution in [-0.2, 0) is 5.41 Å². The summed E-state index contributed by atoms with van der Waals surface area (Å²) < 4.78 is 1.94. The second-order valence-electron chi connectivity index (χ2n) is 8.40. The third kappa shape index (κ3) is 2.05. The van der Waals surface area contributed by atoms with Gasteiger partial charge in [0, 0.05) is 11.5 Å². The summed E-state index contributed by atoms with van der Waals surface area (Å²) in [6, 6.07) is 10.6. The van der Waals surface area contributed by atoms with E-state index in [4.69, 9.17) is 10.8 Å². The Hall–Kier alpha value is -1.77. The minimum absolute atomic E-state index is 0.318. The summed E-state index contributed by atoms with van der Waals surface area (Å²) in [7, 11) is 0. The molecule has 4 aliphatic rings. The number of aryl methyl sites for hydroxylation is 1. The highest BCUT2D eigenvalue weighted by Crippen LogP contribution is 2.60. The monoisotopic (exact) mass is 307 g/mol. The summed E-state index contributed by atoms with van der Waals surface area (Å²) in [5.41, 5.74) is 10.2. The van der Waals surface area contributed by atoms with Crippen LogP contribution in [0, 0.1) is 24.7 Å². The molecule has 3 heteroatoms. The SMILES string of the molecule is Cc1ccc(-n2nc(C34CC5CC(CC(C5)C3)C4)cc2N)cc1. The Labute approximate surface area is 137 Å². The third-order valence-electron chi connectivity index (χ3n) is 6.60. The summed E-state index contributed by atoms with van der Waals surface area (Å²) >= 11 is 0. The van der Waals surface area contributed by atoms with Gasteiger partial charge < -0.3 is 5.73 Å². The molecule has 0 spiro atoms. The van der Waals surface area contributed by atoms with Crippen LogP contribution < -0.4 is 5.73 Å². The van der Waals surface area contributed by atoms with Crippen molar-refractivity contribution in [2.24, 2.45) is 17.8 Å². The fourth-order valence-corrected chi connectivity index (χ4v) is 5.97. The number of aromatic nitrogens is 2. The standard InChI is InChI=1S/C20H25N3/c1-13-2-4-17(5-3-13)23-19(21)9-18(22-23)20-10-14-6-15(11-20)8-16(7-14)12-20/h2-5,9,14-16H,6-8,10-12,21H2,1H3. The van der Waals surface area contributed by atoms with Crippen LogP contribution in [0.5, 0.6) is 0 Å². The molecule has 0 unspecified atom stereocenters. The first kappa shape index (κ1) is 13.6. The number of nitrogens with two attached hydrogens (primary N) is 1. The summed E-state index contributed by atoms with van der Waals surface area (Å²) in [5, 5.41) is 4.99. The highest BCUT2D eigenvalue weighted by atomic mass is 15.3. The van der Waals surface area contributed by atoms with Crippen LogP contribution in [0.1, 0.15) is 49.8 Å². The molecule has 4 saturated carbocycles. The molecule has 1 aromatic carbocycles. The van der Waals surface area contributed by atoms with E-state index in [0.717, 1.165) is 29.3 Å². The van der Waals surface area contributed by atoms with Gasteiger partial charge in [-0.1, -0.05) is 17.7 Å². The van der Waals surface area contributed by atoms with Crippen molar-refractivity contribution < 1.29 is 0 Å². The number of nitrogen functional groups attached to an aromatic ring is 1. The van der Waals surface area contributed by atoms with Crippen molar-refractivity contribution in [3.63, 3.8) is 0 Å². The average molecular weight is 307 g/mol. The van der Waals surface area contributed by atoms with Crippen LogP contribution in [0.15, 0.2) is 30.3 Å². The molecule has 3 nitrogen and oxygen atoms in total. The molecule has 4 bridgehead atoms. The van der Waals surface area contributed by atoms with Gasteiger partial charge in [0.05, 0.1) is 11.4 Å². The van der Waals surface area contributed by atoms with Gasteiger partial charge in [-0.15, -0.1) is 0 Å². The Balaban J connectivity index is 1.55. The van der Waals surface area contributed by atoms with Gasteiger partial charge in [0.25, 0.3) is 0 Å². The Morgan fingerprint density at radius 1 is 1.00 bits per heavy atom. The number of rotatable bonds is 2. The van der Waals surface area contributed by atoms with Crippen molar-refractivity contribution >= 4 is 5.82 Å². The summed E-state index contributed by atoms with van der Waals surface area (Å²) in [4.78, 5) is 0. The molecule has 2 aromatic rings. The highest BCUT2D eigenvalue weighted by Gasteiger charge is 2.52.